The van der Waals surface area contributed by atoms with Crippen molar-refractivity contribution >= 4 is 21.9 Å². The third kappa shape index (κ3) is 3.24. The number of pyridine rings is 1. The Morgan fingerprint density at radius 1 is 0.615 bits per heavy atom. The first-order chi connectivity index (χ1) is 21.1. The topological polar surface area (TPSA) is 26.0 Å². The van der Waals surface area contributed by atoms with Crippen LogP contribution in [0.5, 0.6) is 0 Å². The molecule has 7 rings (SSSR count). The lowest BCUT2D eigenvalue weighted by atomic mass is 9.55. The van der Waals surface area contributed by atoms with Gasteiger partial charge in [0.25, 0.3) is 0 Å². The van der Waals surface area contributed by atoms with Gasteiger partial charge in [-0.2, -0.15) is 0 Å². The third-order valence-corrected chi connectivity index (χ3v) is 9.12. The zero-order valence-electron chi connectivity index (χ0n) is 28.5. The van der Waals surface area contributed by atoms with E-state index < -0.39 is 24.5 Å². The fourth-order valence-corrected chi connectivity index (χ4v) is 6.33. The molecule has 0 amide bonds. The quantitative estimate of drug-likeness (QED) is 0.230. The summed E-state index contributed by atoms with van der Waals surface area (Å²) in [5.41, 5.74) is 6.67. The summed E-state index contributed by atoms with van der Waals surface area (Å²) in [5.74, 6) is 0. The van der Waals surface area contributed by atoms with Gasteiger partial charge in [0.05, 0.1) is 5.69 Å². The average molecular weight is 514 g/mol. The first-order valence-corrected chi connectivity index (χ1v) is 13.3. The lowest BCUT2D eigenvalue weighted by Crippen LogP contribution is -2.44. The van der Waals surface area contributed by atoms with E-state index in [-0.39, 0.29) is 11.1 Å². The van der Waals surface area contributed by atoms with Gasteiger partial charge in [-0.25, -0.2) is 0 Å². The second-order valence-corrected chi connectivity index (χ2v) is 11.6. The Labute approximate surface area is 238 Å². The van der Waals surface area contributed by atoms with Crippen LogP contribution in [-0.4, -0.2) is 4.98 Å². The summed E-state index contributed by atoms with van der Waals surface area (Å²) in [6.45, 7) is 2.86. The van der Waals surface area contributed by atoms with Gasteiger partial charge in [0.1, 0.15) is 11.2 Å². The summed E-state index contributed by atoms with van der Waals surface area (Å²) >= 11 is 0. The second kappa shape index (κ2) is 8.16. The molecule has 2 aromatic heterocycles. The molecule has 2 heteroatoms. The molecule has 6 aromatic rings. The minimum atomic E-state index is -2.64. The predicted molar refractivity (Wildman–Crippen MR) is 163 cm³/mol. The van der Waals surface area contributed by atoms with Crippen molar-refractivity contribution in [2.24, 2.45) is 0 Å². The van der Waals surface area contributed by atoms with E-state index in [0.29, 0.717) is 11.3 Å². The summed E-state index contributed by atoms with van der Waals surface area (Å²) in [5, 5.41) is 1.96. The Kier molecular flexibility index (Phi) is 3.80. The number of furan rings is 1. The first-order valence-electron chi connectivity index (χ1n) is 16.3. The van der Waals surface area contributed by atoms with Gasteiger partial charge in [0.2, 0.25) is 0 Å². The molecule has 39 heavy (non-hydrogen) atoms. The van der Waals surface area contributed by atoms with Gasteiger partial charge in [-0.05, 0) is 53.2 Å². The number of aryl methyl sites for hydroxylation is 1. The molecule has 0 N–H and O–H groups in total. The molecule has 0 atom stereocenters. The fraction of sp³-hybridized carbons (Fsp3) is 0.216. The zero-order chi connectivity index (χ0) is 32.1. The number of fused-ring (bicyclic) bond motifs is 7. The van der Waals surface area contributed by atoms with Crippen molar-refractivity contribution < 1.29 is 12.6 Å². The summed E-state index contributed by atoms with van der Waals surface area (Å²) in [7, 11) is 0. The standard InChI is InChI=1S/C37H33NO/c1-22-21-38-33-30-20-19-29-28-14-10-13-27(26-17-15-25(16-18-26)24-11-8-7-9-12-24)34(28)39-35(29)32(30)37(5,6)36(3,4)31(33)23(22)2/h7-21H,1-6H3/i1D3,2D3. The van der Waals surface area contributed by atoms with E-state index in [1.807, 2.05) is 50.2 Å². The van der Waals surface area contributed by atoms with Gasteiger partial charge in [-0.1, -0.05) is 107 Å². The average Bonchev–Trinajstić information content (AvgIpc) is 3.38. The highest BCUT2D eigenvalue weighted by Crippen LogP contribution is 2.57. The number of nitrogens with zero attached hydrogens (tertiary/aromatic N) is 1. The van der Waals surface area contributed by atoms with Crippen molar-refractivity contribution in [2.75, 3.05) is 0 Å². The van der Waals surface area contributed by atoms with E-state index in [1.54, 1.807) is 0 Å². The molecule has 0 saturated heterocycles. The normalized spacial score (nSPS) is 18.3. The largest absolute Gasteiger partial charge is 0.455 e. The van der Waals surface area contributed by atoms with Gasteiger partial charge >= 0.3 is 0 Å². The smallest absolute Gasteiger partial charge is 0.143 e. The second-order valence-electron chi connectivity index (χ2n) is 11.6. The molecule has 192 valence electrons. The van der Waals surface area contributed by atoms with E-state index in [0.717, 1.165) is 55.3 Å². The van der Waals surface area contributed by atoms with Crippen LogP contribution >= 0.6 is 0 Å². The molecule has 0 saturated carbocycles. The van der Waals surface area contributed by atoms with Gasteiger partial charge in [-0.15, -0.1) is 0 Å². The maximum atomic E-state index is 8.43. The van der Waals surface area contributed by atoms with Gasteiger partial charge < -0.3 is 4.42 Å². The molecule has 4 aromatic carbocycles. The van der Waals surface area contributed by atoms with Crippen LogP contribution in [0.1, 0.15) is 58.2 Å². The Morgan fingerprint density at radius 3 is 2.05 bits per heavy atom. The number of para-hydroxylation sites is 1. The monoisotopic (exact) mass is 513 g/mol. The van der Waals surface area contributed by atoms with Crippen molar-refractivity contribution in [3.05, 3.63) is 113 Å². The van der Waals surface area contributed by atoms with Crippen LogP contribution in [0.25, 0.3) is 55.4 Å². The van der Waals surface area contributed by atoms with E-state index in [4.69, 9.17) is 12.6 Å². The van der Waals surface area contributed by atoms with E-state index >= 15 is 0 Å². The Morgan fingerprint density at radius 2 is 1.31 bits per heavy atom. The summed E-state index contributed by atoms with van der Waals surface area (Å²) < 4.78 is 56.5. The van der Waals surface area contributed by atoms with Crippen LogP contribution in [-0.2, 0) is 10.8 Å². The van der Waals surface area contributed by atoms with Gasteiger partial charge in [0.15, 0.2) is 0 Å². The first kappa shape index (κ1) is 18.2. The molecule has 0 fully saturated rings. The number of hydrogen-bond donors (Lipinski definition) is 0. The molecule has 2 heterocycles. The summed E-state index contributed by atoms with van der Waals surface area (Å²) in [6.07, 6.45) is 1.23. The predicted octanol–water partition coefficient (Wildman–Crippen LogP) is 10.2. The van der Waals surface area contributed by atoms with Crippen molar-refractivity contribution in [1.82, 2.24) is 4.98 Å². The number of aromatic nitrogens is 1. The van der Waals surface area contributed by atoms with E-state index in [1.165, 1.54) is 6.20 Å². The Bertz CT molecular complexity index is 2120. The van der Waals surface area contributed by atoms with Crippen LogP contribution < -0.4 is 0 Å². The van der Waals surface area contributed by atoms with Crippen molar-refractivity contribution in [1.29, 1.82) is 0 Å². The maximum Gasteiger partial charge on any atom is 0.143 e. The molecule has 0 spiro atoms. The molecule has 0 radical (unpaired) electrons. The minimum Gasteiger partial charge on any atom is -0.455 e. The number of rotatable bonds is 2. The van der Waals surface area contributed by atoms with E-state index in [2.05, 4.69) is 67.4 Å². The van der Waals surface area contributed by atoms with Gasteiger partial charge in [-0.3, -0.25) is 4.98 Å². The number of hydrogen-bond acceptors (Lipinski definition) is 2. The molecular weight excluding hydrogens is 474 g/mol. The van der Waals surface area contributed by atoms with Crippen LogP contribution in [0, 0.1) is 13.7 Å². The molecule has 0 unspecified atom stereocenters. The highest BCUT2D eigenvalue weighted by molar-refractivity contribution is 6.12. The molecule has 1 aliphatic carbocycles. The molecule has 2 nitrogen and oxygen atoms in total. The van der Waals surface area contributed by atoms with Crippen molar-refractivity contribution in [2.45, 2.75) is 52.2 Å². The van der Waals surface area contributed by atoms with Crippen LogP contribution in [0.3, 0.4) is 0 Å². The minimum absolute atomic E-state index is 0.123. The van der Waals surface area contributed by atoms with Crippen LogP contribution in [0.2, 0.25) is 0 Å². The molecule has 1 aliphatic rings. The number of benzene rings is 4. The van der Waals surface area contributed by atoms with Crippen LogP contribution in [0.4, 0.5) is 0 Å². The summed E-state index contributed by atoms with van der Waals surface area (Å²) in [4.78, 5) is 4.67. The van der Waals surface area contributed by atoms with Crippen LogP contribution in [0.15, 0.2) is 95.5 Å². The molecule has 0 bridgehead atoms. The lowest BCUT2D eigenvalue weighted by Gasteiger charge is -2.48. The third-order valence-electron chi connectivity index (χ3n) is 9.12. The fourth-order valence-electron chi connectivity index (χ4n) is 6.33. The highest BCUT2D eigenvalue weighted by atomic mass is 16.3. The van der Waals surface area contributed by atoms with E-state index in [9.17, 15) is 0 Å². The zero-order valence-corrected chi connectivity index (χ0v) is 22.5. The van der Waals surface area contributed by atoms with Crippen molar-refractivity contribution in [3.8, 4) is 33.5 Å². The molecular formula is C37H33NO. The molecule has 0 aliphatic heterocycles. The lowest BCUT2D eigenvalue weighted by molar-refractivity contribution is 0.296. The maximum absolute atomic E-state index is 8.43. The Hall–Kier alpha value is -4.17. The van der Waals surface area contributed by atoms with Crippen molar-refractivity contribution in [3.63, 3.8) is 0 Å². The van der Waals surface area contributed by atoms with Gasteiger partial charge in [0, 0.05) is 52.7 Å². The highest BCUT2D eigenvalue weighted by Gasteiger charge is 2.49. The SMILES string of the molecule is [2H]C([2H])([2H])c1cnc2c(c1C([2H])([2H])[2H])C(C)(C)C(C)(C)c1c-2ccc2c1oc1c(-c3ccc(-c4ccccc4)cc3)cccc12. The Balaban J connectivity index is 1.49. The summed E-state index contributed by atoms with van der Waals surface area (Å²) in [6, 6.07) is 28.9.